The number of rotatable bonds is 1. The number of nitrogens with one attached hydrogen (secondary N) is 1. The summed E-state index contributed by atoms with van der Waals surface area (Å²) >= 11 is 10.9. The van der Waals surface area contributed by atoms with Gasteiger partial charge in [0.1, 0.15) is 0 Å². The Balaban J connectivity index is 2.09. The predicted molar refractivity (Wildman–Crippen MR) is 63.1 cm³/mol. The second-order valence-corrected chi connectivity index (χ2v) is 3.61. The van der Waals surface area contributed by atoms with E-state index in [9.17, 15) is 0 Å². The van der Waals surface area contributed by atoms with Crippen LogP contribution in [0.3, 0.4) is 0 Å². The molecular weight excluding hydrogens is 232 g/mol. The number of halogens is 1. The lowest BCUT2D eigenvalue weighted by atomic mass is 10.3. The average molecular weight is 239 g/mol. The molecule has 0 spiro atoms. The average Bonchev–Trinajstić information content (AvgIpc) is 2.74. The second kappa shape index (κ2) is 4.37. The van der Waals surface area contributed by atoms with Crippen molar-refractivity contribution < 1.29 is 0 Å². The molecule has 0 radical (unpaired) electrons. The van der Waals surface area contributed by atoms with Crippen LogP contribution in [0.1, 0.15) is 0 Å². The van der Waals surface area contributed by atoms with Crippen molar-refractivity contribution in [3.05, 3.63) is 41.7 Å². The fourth-order valence-corrected chi connectivity index (χ4v) is 1.37. The van der Waals surface area contributed by atoms with Gasteiger partial charge in [-0.3, -0.25) is 0 Å². The first kappa shape index (κ1) is 10.1. The normalized spacial score (nSPS) is 9.93. The highest BCUT2D eigenvalue weighted by molar-refractivity contribution is 7.80. The number of thiocarbonyl (C=S) groups is 1. The molecule has 1 aromatic carbocycles. The molecule has 0 bridgehead atoms. The lowest BCUT2D eigenvalue weighted by Crippen LogP contribution is -2.19. The standard InChI is InChI=1S/C9H7ClN4S/c10-7-1-3-8(4-2-7)12-9(15)14-6-5-11-13-14/h1-6H,(H,12,15). The third kappa shape index (κ3) is 2.51. The van der Waals surface area contributed by atoms with Crippen LogP contribution in [-0.4, -0.2) is 20.1 Å². The van der Waals surface area contributed by atoms with Crippen LogP contribution in [0.2, 0.25) is 5.02 Å². The molecule has 0 atom stereocenters. The molecule has 15 heavy (non-hydrogen) atoms. The van der Waals surface area contributed by atoms with Crippen LogP contribution in [0.15, 0.2) is 36.7 Å². The van der Waals surface area contributed by atoms with Gasteiger partial charge in [-0.15, -0.1) is 5.10 Å². The molecule has 0 amide bonds. The van der Waals surface area contributed by atoms with Crippen LogP contribution in [-0.2, 0) is 0 Å². The van der Waals surface area contributed by atoms with Gasteiger partial charge < -0.3 is 5.32 Å². The largest absolute Gasteiger partial charge is 0.331 e. The molecule has 0 saturated heterocycles. The van der Waals surface area contributed by atoms with Crippen molar-refractivity contribution in [2.75, 3.05) is 5.32 Å². The van der Waals surface area contributed by atoms with Crippen LogP contribution < -0.4 is 5.32 Å². The highest BCUT2D eigenvalue weighted by Gasteiger charge is 2.00. The smallest absolute Gasteiger partial charge is 0.199 e. The van der Waals surface area contributed by atoms with Crippen molar-refractivity contribution in [2.24, 2.45) is 0 Å². The summed E-state index contributed by atoms with van der Waals surface area (Å²) < 4.78 is 1.48. The van der Waals surface area contributed by atoms with Crippen molar-refractivity contribution in [1.82, 2.24) is 15.0 Å². The van der Waals surface area contributed by atoms with Crippen molar-refractivity contribution in [3.8, 4) is 0 Å². The molecular formula is C9H7ClN4S. The summed E-state index contributed by atoms with van der Waals surface area (Å²) in [5.74, 6) is 0. The van der Waals surface area contributed by atoms with E-state index >= 15 is 0 Å². The molecule has 76 valence electrons. The number of hydrogen-bond acceptors (Lipinski definition) is 3. The van der Waals surface area contributed by atoms with Gasteiger partial charge in [0.2, 0.25) is 0 Å². The number of hydrogen-bond donors (Lipinski definition) is 1. The maximum absolute atomic E-state index is 5.76. The van der Waals surface area contributed by atoms with Crippen LogP contribution in [0.5, 0.6) is 0 Å². The van der Waals surface area contributed by atoms with Gasteiger partial charge in [0, 0.05) is 10.7 Å². The summed E-state index contributed by atoms with van der Waals surface area (Å²) in [6.07, 6.45) is 3.24. The zero-order valence-electron chi connectivity index (χ0n) is 7.59. The molecule has 1 heterocycles. The Morgan fingerprint density at radius 1 is 1.33 bits per heavy atom. The van der Waals surface area contributed by atoms with E-state index in [1.165, 1.54) is 4.68 Å². The minimum absolute atomic E-state index is 0.467. The molecule has 2 aromatic rings. The summed E-state index contributed by atoms with van der Waals surface area (Å²) in [5.41, 5.74) is 0.861. The van der Waals surface area contributed by atoms with E-state index in [1.807, 2.05) is 12.1 Å². The SMILES string of the molecule is S=C(Nc1ccc(Cl)cc1)n1ccnn1. The second-order valence-electron chi connectivity index (χ2n) is 2.78. The van der Waals surface area contributed by atoms with Crippen LogP contribution in [0, 0.1) is 0 Å². The monoisotopic (exact) mass is 238 g/mol. The molecule has 0 saturated carbocycles. The first-order valence-corrected chi connectivity index (χ1v) is 4.97. The van der Waals surface area contributed by atoms with Crippen LogP contribution in [0.25, 0.3) is 0 Å². The highest BCUT2D eigenvalue weighted by Crippen LogP contribution is 2.13. The molecule has 1 N–H and O–H groups in total. The third-order valence-electron chi connectivity index (χ3n) is 1.73. The topological polar surface area (TPSA) is 42.7 Å². The maximum Gasteiger partial charge on any atom is 0.199 e. The third-order valence-corrected chi connectivity index (χ3v) is 2.27. The lowest BCUT2D eigenvalue weighted by Gasteiger charge is -2.06. The van der Waals surface area contributed by atoms with E-state index in [1.54, 1.807) is 24.5 Å². The van der Waals surface area contributed by atoms with Gasteiger partial charge in [-0.05, 0) is 36.5 Å². The molecule has 0 fully saturated rings. The van der Waals surface area contributed by atoms with Crippen molar-refractivity contribution in [1.29, 1.82) is 0 Å². The Labute approximate surface area is 96.9 Å². The summed E-state index contributed by atoms with van der Waals surface area (Å²) in [6.45, 7) is 0. The summed E-state index contributed by atoms with van der Waals surface area (Å²) in [5, 5.41) is 11.6. The van der Waals surface area contributed by atoms with E-state index < -0.39 is 0 Å². The molecule has 2 rings (SSSR count). The molecule has 4 nitrogen and oxygen atoms in total. The van der Waals surface area contributed by atoms with E-state index in [2.05, 4.69) is 15.6 Å². The van der Waals surface area contributed by atoms with Crippen LogP contribution >= 0.6 is 23.8 Å². The summed E-state index contributed by atoms with van der Waals surface area (Å²) in [4.78, 5) is 0. The lowest BCUT2D eigenvalue weighted by molar-refractivity contribution is 0.850. The van der Waals surface area contributed by atoms with Crippen molar-refractivity contribution >= 4 is 34.6 Å². The Hall–Kier alpha value is -1.46. The minimum atomic E-state index is 0.467. The summed E-state index contributed by atoms with van der Waals surface area (Å²) in [7, 11) is 0. The molecule has 0 unspecified atom stereocenters. The number of anilines is 1. The van der Waals surface area contributed by atoms with Gasteiger partial charge in [-0.1, -0.05) is 16.8 Å². The van der Waals surface area contributed by atoms with E-state index in [4.69, 9.17) is 23.8 Å². The summed E-state index contributed by atoms with van der Waals surface area (Å²) in [6, 6.07) is 7.25. The quantitative estimate of drug-likeness (QED) is 0.774. The Morgan fingerprint density at radius 3 is 2.67 bits per heavy atom. The van der Waals surface area contributed by atoms with Gasteiger partial charge >= 0.3 is 0 Å². The number of nitrogens with zero attached hydrogens (tertiary/aromatic N) is 3. The van der Waals surface area contributed by atoms with E-state index in [-0.39, 0.29) is 0 Å². The van der Waals surface area contributed by atoms with Gasteiger partial charge in [0.05, 0.1) is 12.4 Å². The van der Waals surface area contributed by atoms with Gasteiger partial charge in [0.25, 0.3) is 0 Å². The number of benzene rings is 1. The van der Waals surface area contributed by atoms with Crippen molar-refractivity contribution in [2.45, 2.75) is 0 Å². The van der Waals surface area contributed by atoms with Gasteiger partial charge in [-0.2, -0.15) is 4.68 Å². The predicted octanol–water partition coefficient (Wildman–Crippen LogP) is 2.18. The fraction of sp³-hybridized carbons (Fsp3) is 0. The minimum Gasteiger partial charge on any atom is -0.331 e. The van der Waals surface area contributed by atoms with Crippen LogP contribution in [0.4, 0.5) is 5.69 Å². The first-order valence-electron chi connectivity index (χ1n) is 4.19. The maximum atomic E-state index is 5.76. The zero-order valence-corrected chi connectivity index (χ0v) is 9.16. The molecule has 0 aliphatic rings. The molecule has 1 aromatic heterocycles. The Morgan fingerprint density at radius 2 is 2.07 bits per heavy atom. The first-order chi connectivity index (χ1) is 7.25. The van der Waals surface area contributed by atoms with E-state index in [0.717, 1.165) is 5.69 Å². The van der Waals surface area contributed by atoms with Gasteiger partial charge in [-0.25, -0.2) is 0 Å². The molecule has 6 heteroatoms. The van der Waals surface area contributed by atoms with Gasteiger partial charge in [0.15, 0.2) is 5.11 Å². The zero-order chi connectivity index (χ0) is 10.7. The molecule has 0 aliphatic heterocycles. The number of aromatic nitrogens is 3. The highest BCUT2D eigenvalue weighted by atomic mass is 35.5. The Bertz CT molecular complexity index is 451. The Kier molecular flexibility index (Phi) is 2.94. The van der Waals surface area contributed by atoms with E-state index in [0.29, 0.717) is 10.1 Å². The molecule has 0 aliphatic carbocycles. The fourth-order valence-electron chi connectivity index (χ4n) is 1.03. The van der Waals surface area contributed by atoms with Crippen molar-refractivity contribution in [3.63, 3.8) is 0 Å².